The lowest BCUT2D eigenvalue weighted by atomic mass is 10.1. The van der Waals surface area contributed by atoms with Gasteiger partial charge in [0.15, 0.2) is 0 Å². The molecule has 1 atom stereocenters. The maximum Gasteiger partial charge on any atom is 0.228 e. The Balaban J connectivity index is 2.31. The van der Waals surface area contributed by atoms with Gasteiger partial charge in [-0.2, -0.15) is 0 Å². The lowest BCUT2D eigenvalue weighted by molar-refractivity contribution is -0.124. The van der Waals surface area contributed by atoms with Crippen LogP contribution in [0.15, 0.2) is 42.5 Å². The molecule has 0 radical (unpaired) electrons. The van der Waals surface area contributed by atoms with Gasteiger partial charge < -0.3 is 10.6 Å². The molecule has 0 aliphatic carbocycles. The van der Waals surface area contributed by atoms with Gasteiger partial charge in [0.1, 0.15) is 6.17 Å². The van der Waals surface area contributed by atoms with Gasteiger partial charge in [0.05, 0.1) is 0 Å². The summed E-state index contributed by atoms with van der Waals surface area (Å²) in [6.45, 7) is 3.56. The van der Waals surface area contributed by atoms with E-state index in [0.717, 1.165) is 16.5 Å². The molecule has 3 nitrogen and oxygen atoms in total. The van der Waals surface area contributed by atoms with Crippen LogP contribution in [-0.4, -0.2) is 15.9 Å². The van der Waals surface area contributed by atoms with Gasteiger partial charge in [0.2, 0.25) is 9.70 Å². The molecule has 0 heterocycles. The number of amides is 1. The summed E-state index contributed by atoms with van der Waals surface area (Å²) in [6.07, 6.45) is -0.835. The minimum atomic E-state index is -1.68. The van der Waals surface area contributed by atoms with E-state index in [-0.39, 0.29) is 11.8 Å². The maximum atomic E-state index is 11.9. The summed E-state index contributed by atoms with van der Waals surface area (Å²) in [5.74, 6) is -0.395. The number of carbonyl (C=O) groups excluding carboxylic acids is 1. The van der Waals surface area contributed by atoms with Crippen LogP contribution in [-0.2, 0) is 4.79 Å². The molecule has 0 aliphatic heterocycles. The second-order valence-electron chi connectivity index (χ2n) is 5.31. The zero-order valence-electron chi connectivity index (χ0n) is 12.2. The monoisotopic (exact) mass is 358 g/mol. The van der Waals surface area contributed by atoms with E-state index in [4.69, 9.17) is 34.8 Å². The van der Waals surface area contributed by atoms with Crippen LogP contribution in [0.2, 0.25) is 0 Å². The van der Waals surface area contributed by atoms with Gasteiger partial charge in [-0.1, -0.05) is 85.0 Å². The highest BCUT2D eigenvalue weighted by atomic mass is 35.6. The Morgan fingerprint density at radius 2 is 1.68 bits per heavy atom. The van der Waals surface area contributed by atoms with Gasteiger partial charge in [-0.25, -0.2) is 0 Å². The Hall–Kier alpha value is -1.16. The van der Waals surface area contributed by atoms with E-state index in [1.165, 1.54) is 0 Å². The maximum absolute atomic E-state index is 11.9. The quantitative estimate of drug-likeness (QED) is 0.612. The number of benzene rings is 2. The standard InChI is InChI=1S/C16H17Cl3N2O/c1-10(2)14(22)21-15(16(17,18)19)20-13-9-5-7-11-6-3-4-8-12(11)13/h3-10,15,20H,1-2H3,(H,21,22). The summed E-state index contributed by atoms with van der Waals surface area (Å²) in [4.78, 5) is 11.9. The molecule has 0 spiro atoms. The predicted molar refractivity (Wildman–Crippen MR) is 94.6 cm³/mol. The number of halogens is 3. The Labute approximate surface area is 144 Å². The van der Waals surface area contributed by atoms with Gasteiger partial charge in [-0.05, 0) is 11.5 Å². The predicted octanol–water partition coefficient (Wildman–Crippen LogP) is 4.72. The highest BCUT2D eigenvalue weighted by Gasteiger charge is 2.34. The van der Waals surface area contributed by atoms with Crippen LogP contribution in [0, 0.1) is 5.92 Å². The lowest BCUT2D eigenvalue weighted by Crippen LogP contribution is -2.50. The number of hydrogen-bond donors (Lipinski definition) is 2. The van der Waals surface area contributed by atoms with E-state index in [0.29, 0.717) is 0 Å². The molecule has 1 unspecified atom stereocenters. The molecular weight excluding hydrogens is 343 g/mol. The Morgan fingerprint density at radius 3 is 2.32 bits per heavy atom. The molecular formula is C16H17Cl3N2O. The third-order valence-corrected chi connectivity index (χ3v) is 3.88. The van der Waals surface area contributed by atoms with E-state index in [2.05, 4.69) is 10.6 Å². The van der Waals surface area contributed by atoms with Crippen LogP contribution in [0.3, 0.4) is 0 Å². The lowest BCUT2D eigenvalue weighted by Gasteiger charge is -2.28. The van der Waals surface area contributed by atoms with Crippen LogP contribution in [0.25, 0.3) is 10.8 Å². The van der Waals surface area contributed by atoms with Gasteiger partial charge in [0.25, 0.3) is 0 Å². The molecule has 0 saturated heterocycles. The smallest absolute Gasteiger partial charge is 0.228 e. The first kappa shape index (κ1) is 17.2. The average Bonchev–Trinajstić information content (AvgIpc) is 2.45. The molecule has 6 heteroatoms. The highest BCUT2D eigenvalue weighted by molar-refractivity contribution is 6.68. The number of fused-ring (bicyclic) bond motifs is 1. The molecule has 118 valence electrons. The van der Waals surface area contributed by atoms with Crippen LogP contribution >= 0.6 is 34.8 Å². The van der Waals surface area contributed by atoms with Gasteiger partial charge in [-0.15, -0.1) is 0 Å². The van der Waals surface area contributed by atoms with Crippen LogP contribution in [0.4, 0.5) is 5.69 Å². The fourth-order valence-electron chi connectivity index (χ4n) is 2.02. The summed E-state index contributed by atoms with van der Waals surface area (Å²) in [5, 5.41) is 7.89. The highest BCUT2D eigenvalue weighted by Crippen LogP contribution is 2.33. The van der Waals surface area contributed by atoms with Gasteiger partial charge in [-0.3, -0.25) is 4.79 Å². The number of hydrogen-bond acceptors (Lipinski definition) is 2. The third kappa shape index (κ3) is 4.19. The molecule has 2 aromatic carbocycles. The van der Waals surface area contributed by atoms with Gasteiger partial charge >= 0.3 is 0 Å². The molecule has 2 aromatic rings. The molecule has 0 saturated carbocycles. The molecule has 2 N–H and O–H groups in total. The summed E-state index contributed by atoms with van der Waals surface area (Å²) in [5.41, 5.74) is 0.790. The van der Waals surface area contributed by atoms with Crippen LogP contribution in [0.5, 0.6) is 0 Å². The minimum Gasteiger partial charge on any atom is -0.361 e. The largest absolute Gasteiger partial charge is 0.361 e. The molecule has 22 heavy (non-hydrogen) atoms. The van der Waals surface area contributed by atoms with Crippen molar-refractivity contribution in [2.24, 2.45) is 5.92 Å². The second kappa shape index (κ2) is 6.95. The van der Waals surface area contributed by atoms with Crippen molar-refractivity contribution in [3.8, 4) is 0 Å². The zero-order valence-corrected chi connectivity index (χ0v) is 14.5. The summed E-state index contributed by atoms with van der Waals surface area (Å²) in [7, 11) is 0. The van der Waals surface area contributed by atoms with Crippen molar-refractivity contribution < 1.29 is 4.79 Å². The van der Waals surface area contributed by atoms with E-state index >= 15 is 0 Å². The summed E-state index contributed by atoms with van der Waals surface area (Å²) < 4.78 is -1.68. The summed E-state index contributed by atoms with van der Waals surface area (Å²) in [6, 6.07) is 13.6. The first-order chi connectivity index (χ1) is 10.3. The first-order valence-corrected chi connectivity index (χ1v) is 8.04. The van der Waals surface area contributed by atoms with Crippen molar-refractivity contribution in [3.05, 3.63) is 42.5 Å². The normalized spacial score (nSPS) is 13.2. The number of rotatable bonds is 4. The van der Waals surface area contributed by atoms with E-state index in [1.54, 1.807) is 13.8 Å². The Morgan fingerprint density at radius 1 is 1.05 bits per heavy atom. The van der Waals surface area contributed by atoms with E-state index < -0.39 is 9.96 Å². The first-order valence-electron chi connectivity index (χ1n) is 6.90. The third-order valence-electron chi connectivity index (χ3n) is 3.23. The Bertz CT molecular complexity index is 662. The SMILES string of the molecule is CC(C)C(=O)NC(Nc1cccc2ccccc12)C(Cl)(Cl)Cl. The van der Waals surface area contributed by atoms with Crippen LogP contribution < -0.4 is 10.6 Å². The van der Waals surface area contributed by atoms with Crippen molar-refractivity contribution in [1.82, 2.24) is 5.32 Å². The Kier molecular flexibility index (Phi) is 5.43. The van der Waals surface area contributed by atoms with Crippen molar-refractivity contribution in [3.63, 3.8) is 0 Å². The second-order valence-corrected chi connectivity index (χ2v) is 7.68. The van der Waals surface area contributed by atoms with E-state index in [9.17, 15) is 4.79 Å². The average molecular weight is 360 g/mol. The van der Waals surface area contributed by atoms with Crippen molar-refractivity contribution in [2.75, 3.05) is 5.32 Å². The summed E-state index contributed by atoms with van der Waals surface area (Å²) >= 11 is 18.0. The molecule has 0 bridgehead atoms. The number of nitrogens with one attached hydrogen (secondary N) is 2. The molecule has 2 rings (SSSR count). The number of alkyl halides is 3. The van der Waals surface area contributed by atoms with Crippen LogP contribution in [0.1, 0.15) is 13.8 Å². The van der Waals surface area contributed by atoms with Crippen molar-refractivity contribution >= 4 is 57.2 Å². The van der Waals surface area contributed by atoms with Gasteiger partial charge in [0, 0.05) is 17.0 Å². The van der Waals surface area contributed by atoms with Crippen molar-refractivity contribution in [1.29, 1.82) is 0 Å². The van der Waals surface area contributed by atoms with E-state index in [1.807, 2.05) is 42.5 Å². The number of carbonyl (C=O) groups is 1. The fourth-order valence-corrected chi connectivity index (χ4v) is 2.34. The minimum absolute atomic E-state index is 0.191. The molecule has 1 amide bonds. The molecule has 0 aromatic heterocycles. The zero-order chi connectivity index (χ0) is 16.3. The van der Waals surface area contributed by atoms with Crippen molar-refractivity contribution in [2.45, 2.75) is 23.8 Å². The number of anilines is 1. The molecule has 0 aliphatic rings. The molecule has 0 fully saturated rings. The fraction of sp³-hybridized carbons (Fsp3) is 0.312. The topological polar surface area (TPSA) is 41.1 Å².